The first-order valence-electron chi connectivity index (χ1n) is 9.89. The van der Waals surface area contributed by atoms with Crippen LogP contribution in [0.15, 0.2) is 60.8 Å². The molecule has 1 aromatic heterocycles. The van der Waals surface area contributed by atoms with Crippen molar-refractivity contribution >= 4 is 0 Å². The van der Waals surface area contributed by atoms with Crippen molar-refractivity contribution in [3.05, 3.63) is 99.4 Å². The maximum atomic E-state index is 15.2. The number of ether oxygens (including phenoxy) is 1. The van der Waals surface area contributed by atoms with Crippen LogP contribution in [0.3, 0.4) is 0 Å². The fraction of sp³-hybridized carbons (Fsp3) is 0.217. The van der Waals surface area contributed by atoms with Gasteiger partial charge in [0.25, 0.3) is 0 Å². The summed E-state index contributed by atoms with van der Waals surface area (Å²) in [6, 6.07) is 11.0. The minimum Gasteiger partial charge on any atom is -0.456 e. The van der Waals surface area contributed by atoms with Gasteiger partial charge in [-0.2, -0.15) is 14.0 Å². The van der Waals surface area contributed by atoms with Crippen LogP contribution in [0.4, 0.5) is 17.6 Å². The number of nitro groups is 1. The van der Waals surface area contributed by atoms with E-state index < -0.39 is 45.9 Å². The van der Waals surface area contributed by atoms with Gasteiger partial charge in [-0.25, -0.2) is 8.78 Å². The summed E-state index contributed by atoms with van der Waals surface area (Å²) in [4.78, 5) is 13.3. The third kappa shape index (κ3) is 5.47. The van der Waals surface area contributed by atoms with Crippen LogP contribution in [-0.2, 0) is 11.5 Å². The summed E-state index contributed by atoms with van der Waals surface area (Å²) >= 11 is 0. The summed E-state index contributed by atoms with van der Waals surface area (Å²) in [6.45, 7) is 2.23. The van der Waals surface area contributed by atoms with Crippen LogP contribution in [0.1, 0.15) is 30.7 Å². The third-order valence-corrected chi connectivity index (χ3v) is 4.53. The largest absolute Gasteiger partial charge is 0.456 e. The van der Waals surface area contributed by atoms with Crippen LogP contribution in [-0.4, -0.2) is 21.6 Å². The average Bonchev–Trinajstić information content (AvgIpc) is 2.80. The quantitative estimate of drug-likeness (QED) is 0.281. The zero-order valence-electron chi connectivity index (χ0n) is 18.0. The maximum Gasteiger partial charge on any atom is 0.328 e. The van der Waals surface area contributed by atoms with Crippen molar-refractivity contribution in [1.29, 1.82) is 5.26 Å². The van der Waals surface area contributed by atoms with E-state index in [0.29, 0.717) is 17.7 Å². The molecule has 0 amide bonds. The molecule has 7 nitrogen and oxygen atoms in total. The number of hydrogen-bond donors (Lipinski definition) is 1. The molecule has 0 saturated heterocycles. The minimum atomic E-state index is -4.44. The highest BCUT2D eigenvalue weighted by molar-refractivity contribution is 5.38. The van der Waals surface area contributed by atoms with E-state index >= 15 is 8.78 Å². The van der Waals surface area contributed by atoms with E-state index in [4.69, 9.17) is 10.00 Å². The van der Waals surface area contributed by atoms with Gasteiger partial charge in [-0.1, -0.05) is 13.8 Å². The monoisotopic (exact) mass is 477 g/mol. The molecule has 0 radical (unpaired) electrons. The molecule has 0 spiro atoms. The highest BCUT2D eigenvalue weighted by Crippen LogP contribution is 2.46. The highest BCUT2D eigenvalue weighted by Gasteiger charge is 2.60. The van der Waals surface area contributed by atoms with Crippen molar-refractivity contribution in [2.24, 2.45) is 0 Å². The Bertz CT molecular complexity index is 1180. The van der Waals surface area contributed by atoms with Crippen LogP contribution in [0.5, 0.6) is 11.5 Å². The molecule has 11 heteroatoms. The first-order chi connectivity index (χ1) is 16.1. The van der Waals surface area contributed by atoms with E-state index in [2.05, 4.69) is 4.98 Å². The lowest BCUT2D eigenvalue weighted by molar-refractivity contribution is -0.514. The second-order valence-electron chi connectivity index (χ2n) is 6.67. The Labute approximate surface area is 192 Å². The van der Waals surface area contributed by atoms with Crippen LogP contribution in [0, 0.1) is 33.1 Å². The summed E-state index contributed by atoms with van der Waals surface area (Å²) < 4.78 is 63.3. The van der Waals surface area contributed by atoms with Gasteiger partial charge in [0.1, 0.15) is 28.8 Å². The fourth-order valence-corrected chi connectivity index (χ4v) is 2.94. The van der Waals surface area contributed by atoms with Gasteiger partial charge in [0.2, 0.25) is 12.1 Å². The summed E-state index contributed by atoms with van der Waals surface area (Å²) in [5.41, 5.74) is -5.53. The van der Waals surface area contributed by atoms with Gasteiger partial charge in [0, 0.05) is 16.6 Å². The van der Waals surface area contributed by atoms with E-state index in [1.165, 1.54) is 24.3 Å². The third-order valence-electron chi connectivity index (χ3n) is 4.53. The molecule has 1 unspecified atom stereocenters. The summed E-state index contributed by atoms with van der Waals surface area (Å²) in [6.07, 6.45) is 0.884. The topological polar surface area (TPSA) is 109 Å². The Morgan fingerprint density at radius 1 is 1.09 bits per heavy atom. The minimum absolute atomic E-state index is 0.0139. The van der Waals surface area contributed by atoms with Crippen molar-refractivity contribution in [2.75, 3.05) is 6.54 Å². The second kappa shape index (κ2) is 10.7. The molecule has 1 N–H and O–H groups in total. The number of hydrogen-bond acceptors (Lipinski definition) is 6. The predicted molar refractivity (Wildman–Crippen MR) is 113 cm³/mol. The van der Waals surface area contributed by atoms with E-state index in [-0.39, 0.29) is 17.6 Å². The standard InChI is InChI=1S/C21H13F4N3O4.C2H6/c22-14-3-7-17(18(23)9-14)20(29,12-28(30)31)21(24,25)19-8-6-16(11-27-19)32-15-4-1-13(10-26)2-5-15;1-2/h1-9,11,29H,12H2;1-2H3. The lowest BCUT2D eigenvalue weighted by atomic mass is 9.84. The Kier molecular flexibility index (Phi) is 8.26. The molecule has 0 bridgehead atoms. The van der Waals surface area contributed by atoms with Gasteiger partial charge in [-0.05, 0) is 48.5 Å². The number of nitrogens with zero attached hydrogens (tertiary/aromatic N) is 3. The lowest BCUT2D eigenvalue weighted by Gasteiger charge is -2.32. The molecule has 2 aromatic carbocycles. The molecule has 0 saturated carbocycles. The van der Waals surface area contributed by atoms with Gasteiger partial charge in [0.15, 0.2) is 0 Å². The van der Waals surface area contributed by atoms with Crippen molar-refractivity contribution in [1.82, 2.24) is 4.98 Å². The van der Waals surface area contributed by atoms with Crippen LogP contribution < -0.4 is 4.74 Å². The smallest absolute Gasteiger partial charge is 0.328 e. The molecule has 3 rings (SSSR count). The van der Waals surface area contributed by atoms with Crippen LogP contribution >= 0.6 is 0 Å². The van der Waals surface area contributed by atoms with E-state index in [0.717, 1.165) is 18.3 Å². The molecule has 178 valence electrons. The average molecular weight is 477 g/mol. The number of alkyl halides is 2. The van der Waals surface area contributed by atoms with Crippen LogP contribution in [0.25, 0.3) is 0 Å². The van der Waals surface area contributed by atoms with Crippen molar-refractivity contribution in [3.8, 4) is 17.6 Å². The molecular formula is C23H19F4N3O4. The fourth-order valence-electron chi connectivity index (χ4n) is 2.94. The van der Waals surface area contributed by atoms with E-state index in [1.54, 1.807) is 0 Å². The van der Waals surface area contributed by atoms with Crippen LogP contribution in [0.2, 0.25) is 0 Å². The van der Waals surface area contributed by atoms with Crippen molar-refractivity contribution in [3.63, 3.8) is 0 Å². The first kappa shape index (κ1) is 26.2. The SMILES string of the molecule is CC.N#Cc1ccc(Oc2ccc(C(F)(F)C(O)(C[N+](=O)[O-])c3ccc(F)cc3F)nc2)cc1. The molecule has 1 atom stereocenters. The summed E-state index contributed by atoms with van der Waals surface area (Å²) in [5.74, 6) is -6.83. The molecule has 1 heterocycles. The summed E-state index contributed by atoms with van der Waals surface area (Å²) in [7, 11) is 0. The Hall–Kier alpha value is -4.04. The molecule has 34 heavy (non-hydrogen) atoms. The molecule has 0 aliphatic carbocycles. The van der Waals surface area contributed by atoms with Crippen molar-refractivity contribution < 1.29 is 32.3 Å². The Morgan fingerprint density at radius 3 is 2.21 bits per heavy atom. The zero-order chi connectivity index (χ0) is 25.5. The maximum absolute atomic E-state index is 15.2. The van der Waals surface area contributed by atoms with Crippen molar-refractivity contribution in [2.45, 2.75) is 25.4 Å². The van der Waals surface area contributed by atoms with E-state index in [9.17, 15) is 24.0 Å². The molecule has 3 aromatic rings. The number of nitriles is 1. The Balaban J connectivity index is 0.00000199. The highest BCUT2D eigenvalue weighted by atomic mass is 19.3. The number of pyridine rings is 1. The molecule has 0 aliphatic rings. The first-order valence-corrected chi connectivity index (χ1v) is 9.89. The normalized spacial score (nSPS) is 12.5. The number of halogens is 4. The lowest BCUT2D eigenvalue weighted by Crippen LogP contribution is -2.49. The van der Waals surface area contributed by atoms with Gasteiger partial charge >= 0.3 is 5.92 Å². The molecule has 0 fully saturated rings. The second-order valence-corrected chi connectivity index (χ2v) is 6.67. The summed E-state index contributed by atoms with van der Waals surface area (Å²) in [5, 5.41) is 30.4. The number of benzene rings is 2. The molecule has 0 aliphatic heterocycles. The number of aromatic nitrogens is 1. The van der Waals surface area contributed by atoms with Gasteiger partial charge in [0.05, 0.1) is 17.8 Å². The predicted octanol–water partition coefficient (Wildman–Crippen LogP) is 5.31. The zero-order valence-corrected chi connectivity index (χ0v) is 18.0. The number of rotatable bonds is 7. The number of aliphatic hydroxyl groups is 1. The Morgan fingerprint density at radius 2 is 1.71 bits per heavy atom. The van der Waals surface area contributed by atoms with Gasteiger partial charge < -0.3 is 9.84 Å². The van der Waals surface area contributed by atoms with Gasteiger partial charge in [-0.3, -0.25) is 15.1 Å². The van der Waals surface area contributed by atoms with Gasteiger partial charge in [-0.15, -0.1) is 0 Å². The molecular weight excluding hydrogens is 458 g/mol. The van der Waals surface area contributed by atoms with E-state index in [1.807, 2.05) is 19.9 Å².